The maximum Gasteiger partial charge on any atom is 0.0982 e. The van der Waals surface area contributed by atoms with Gasteiger partial charge in [-0.2, -0.15) is 0 Å². The second-order valence-electron chi connectivity index (χ2n) is 4.14. The predicted molar refractivity (Wildman–Crippen MR) is 69.2 cm³/mol. The Morgan fingerprint density at radius 3 is 2.69 bits per heavy atom. The van der Waals surface area contributed by atoms with E-state index in [-0.39, 0.29) is 0 Å². The van der Waals surface area contributed by atoms with Crippen molar-refractivity contribution in [3.05, 3.63) is 15.6 Å². The first-order valence-electron chi connectivity index (χ1n) is 5.79. The van der Waals surface area contributed by atoms with Gasteiger partial charge in [-0.1, -0.05) is 13.8 Å². The zero-order valence-electron chi connectivity index (χ0n) is 10.8. The van der Waals surface area contributed by atoms with E-state index in [9.17, 15) is 0 Å². The third-order valence-electron chi connectivity index (χ3n) is 2.59. The van der Waals surface area contributed by atoms with Gasteiger partial charge in [0.05, 0.1) is 17.3 Å². The Kier molecular flexibility index (Phi) is 5.38. The summed E-state index contributed by atoms with van der Waals surface area (Å²) in [5, 5.41) is 4.61. The van der Waals surface area contributed by atoms with Gasteiger partial charge in [0.15, 0.2) is 0 Å². The van der Waals surface area contributed by atoms with Crippen molar-refractivity contribution in [1.82, 2.24) is 10.3 Å². The van der Waals surface area contributed by atoms with Gasteiger partial charge in [-0.15, -0.1) is 11.3 Å². The van der Waals surface area contributed by atoms with Crippen LogP contribution in [0.3, 0.4) is 0 Å². The largest absolute Gasteiger partial charge is 0.384 e. The summed E-state index contributed by atoms with van der Waals surface area (Å²) in [4.78, 5) is 5.98. The Balaban J connectivity index is 2.80. The molecule has 0 aliphatic rings. The number of hydrogen-bond acceptors (Lipinski definition) is 4. The molecule has 1 rings (SSSR count). The molecule has 0 aliphatic carbocycles. The molecule has 0 bridgehead atoms. The number of rotatable bonds is 6. The van der Waals surface area contributed by atoms with Crippen LogP contribution in [0.4, 0.5) is 0 Å². The molecule has 0 spiro atoms. The normalized spacial score (nSPS) is 15.1. The Labute approximate surface area is 102 Å². The van der Waals surface area contributed by atoms with Gasteiger partial charge in [0.25, 0.3) is 0 Å². The van der Waals surface area contributed by atoms with Gasteiger partial charge in [0.1, 0.15) is 0 Å². The molecule has 0 amide bonds. The second kappa shape index (κ2) is 6.33. The molecule has 4 heteroatoms. The molecule has 0 saturated carbocycles. The van der Waals surface area contributed by atoms with Crippen LogP contribution in [-0.4, -0.2) is 25.2 Å². The van der Waals surface area contributed by atoms with Gasteiger partial charge in [-0.25, -0.2) is 4.98 Å². The summed E-state index contributed by atoms with van der Waals surface area (Å²) in [7, 11) is 1.74. The summed E-state index contributed by atoms with van der Waals surface area (Å²) in [6.07, 6.45) is 0. The highest BCUT2D eigenvalue weighted by molar-refractivity contribution is 7.11. The van der Waals surface area contributed by atoms with E-state index in [1.54, 1.807) is 18.4 Å². The average molecular weight is 242 g/mol. The molecule has 0 fully saturated rings. The van der Waals surface area contributed by atoms with Crippen LogP contribution in [-0.2, 0) is 4.74 Å². The van der Waals surface area contributed by atoms with Crippen molar-refractivity contribution in [3.63, 3.8) is 0 Å². The third-order valence-corrected chi connectivity index (χ3v) is 4.16. The topological polar surface area (TPSA) is 34.1 Å². The van der Waals surface area contributed by atoms with Gasteiger partial charge in [-0.3, -0.25) is 0 Å². The highest BCUT2D eigenvalue weighted by atomic mass is 32.1. The van der Waals surface area contributed by atoms with Crippen LogP contribution < -0.4 is 5.32 Å². The Bertz CT molecular complexity index is 325. The van der Waals surface area contributed by atoms with Gasteiger partial charge in [0.2, 0.25) is 0 Å². The number of hydrogen-bond donors (Lipinski definition) is 1. The molecule has 0 radical (unpaired) electrons. The lowest BCUT2D eigenvalue weighted by Gasteiger charge is -2.10. The maximum atomic E-state index is 5.17. The minimum Gasteiger partial charge on any atom is -0.384 e. The number of methoxy groups -OCH3 is 1. The van der Waals surface area contributed by atoms with Gasteiger partial charge in [0, 0.05) is 23.9 Å². The van der Waals surface area contributed by atoms with E-state index in [2.05, 4.69) is 38.0 Å². The number of nitrogens with zero attached hydrogens (tertiary/aromatic N) is 1. The molecule has 1 N–H and O–H groups in total. The lowest BCUT2D eigenvalue weighted by molar-refractivity contribution is 0.184. The van der Waals surface area contributed by atoms with Crippen LogP contribution in [0.25, 0.3) is 0 Å². The van der Waals surface area contributed by atoms with E-state index in [4.69, 9.17) is 4.74 Å². The monoisotopic (exact) mass is 242 g/mol. The quantitative estimate of drug-likeness (QED) is 0.833. The Hall–Kier alpha value is -0.450. The summed E-state index contributed by atoms with van der Waals surface area (Å²) in [6, 6.07) is 0.394. The fraction of sp³-hybridized carbons (Fsp3) is 0.750. The summed E-state index contributed by atoms with van der Waals surface area (Å²) in [5.41, 5.74) is 1.15. The summed E-state index contributed by atoms with van der Waals surface area (Å²) >= 11 is 1.80. The highest BCUT2D eigenvalue weighted by Crippen LogP contribution is 2.29. The van der Waals surface area contributed by atoms with Crippen molar-refractivity contribution in [2.45, 2.75) is 39.7 Å². The van der Waals surface area contributed by atoms with Crippen LogP contribution in [0.15, 0.2) is 0 Å². The molecule has 1 aromatic rings. The van der Waals surface area contributed by atoms with Crippen LogP contribution in [0.1, 0.15) is 48.3 Å². The smallest absolute Gasteiger partial charge is 0.0982 e. The minimum atomic E-state index is 0.385. The van der Waals surface area contributed by atoms with Gasteiger partial charge < -0.3 is 10.1 Å². The summed E-state index contributed by atoms with van der Waals surface area (Å²) in [5.74, 6) is 0.385. The van der Waals surface area contributed by atoms with Crippen molar-refractivity contribution in [3.8, 4) is 0 Å². The minimum absolute atomic E-state index is 0.385. The lowest BCUT2D eigenvalue weighted by atomic mass is 10.2. The highest BCUT2D eigenvalue weighted by Gasteiger charge is 2.16. The van der Waals surface area contributed by atoms with Crippen LogP contribution in [0.5, 0.6) is 0 Å². The molecular weight excluding hydrogens is 220 g/mol. The van der Waals surface area contributed by atoms with E-state index >= 15 is 0 Å². The first-order valence-corrected chi connectivity index (χ1v) is 6.61. The van der Waals surface area contributed by atoms with E-state index in [0.717, 1.165) is 18.8 Å². The fourth-order valence-corrected chi connectivity index (χ4v) is 2.89. The van der Waals surface area contributed by atoms with E-state index in [1.165, 1.54) is 9.88 Å². The van der Waals surface area contributed by atoms with Gasteiger partial charge in [-0.05, 0) is 20.4 Å². The molecule has 92 valence electrons. The fourth-order valence-electron chi connectivity index (χ4n) is 1.76. The lowest BCUT2D eigenvalue weighted by Crippen LogP contribution is -2.17. The molecule has 1 aromatic heterocycles. The van der Waals surface area contributed by atoms with Crippen LogP contribution in [0.2, 0.25) is 0 Å². The number of ether oxygens (including phenoxy) is 1. The SMILES string of the molecule is CCNC(C)c1sc(C(C)COC)nc1C. The number of nitrogens with one attached hydrogen (secondary N) is 1. The molecule has 0 saturated heterocycles. The zero-order valence-corrected chi connectivity index (χ0v) is 11.6. The first kappa shape index (κ1) is 13.6. The van der Waals surface area contributed by atoms with Crippen molar-refractivity contribution in [1.29, 1.82) is 0 Å². The molecular formula is C12H22N2OS. The molecule has 3 nitrogen and oxygen atoms in total. The standard InChI is InChI=1S/C12H22N2OS/c1-6-13-9(3)11-10(4)14-12(16-11)8(2)7-15-5/h8-9,13H,6-7H2,1-5H3. The van der Waals surface area contributed by atoms with Crippen LogP contribution >= 0.6 is 11.3 Å². The van der Waals surface area contributed by atoms with Crippen molar-refractivity contribution >= 4 is 11.3 Å². The Morgan fingerprint density at radius 2 is 2.12 bits per heavy atom. The molecule has 1 heterocycles. The summed E-state index contributed by atoms with van der Waals surface area (Å²) in [6.45, 7) is 10.3. The van der Waals surface area contributed by atoms with Gasteiger partial charge >= 0.3 is 0 Å². The Morgan fingerprint density at radius 1 is 1.44 bits per heavy atom. The van der Waals surface area contributed by atoms with Crippen molar-refractivity contribution in [2.24, 2.45) is 0 Å². The molecule has 2 unspecified atom stereocenters. The first-order chi connectivity index (χ1) is 7.60. The third kappa shape index (κ3) is 3.27. The van der Waals surface area contributed by atoms with Crippen molar-refractivity contribution < 1.29 is 4.74 Å². The number of aromatic nitrogens is 1. The zero-order chi connectivity index (χ0) is 12.1. The molecule has 0 aromatic carbocycles. The molecule has 0 aliphatic heterocycles. The van der Waals surface area contributed by atoms with E-state index in [0.29, 0.717) is 12.0 Å². The number of thiazole rings is 1. The van der Waals surface area contributed by atoms with E-state index < -0.39 is 0 Å². The number of aryl methyl sites for hydroxylation is 1. The summed E-state index contributed by atoms with van der Waals surface area (Å²) < 4.78 is 5.17. The maximum absolute atomic E-state index is 5.17. The van der Waals surface area contributed by atoms with Crippen LogP contribution in [0, 0.1) is 6.92 Å². The second-order valence-corrected chi connectivity index (χ2v) is 5.20. The predicted octanol–water partition coefficient (Wildman–Crippen LogP) is 2.87. The van der Waals surface area contributed by atoms with E-state index in [1.807, 2.05) is 0 Å². The van der Waals surface area contributed by atoms with Crippen molar-refractivity contribution in [2.75, 3.05) is 20.3 Å². The molecule has 16 heavy (non-hydrogen) atoms. The average Bonchev–Trinajstić information content (AvgIpc) is 2.61. The molecule has 2 atom stereocenters.